The highest BCUT2D eigenvalue weighted by atomic mass is 79.9. The van der Waals surface area contributed by atoms with Crippen LogP contribution >= 0.6 is 15.9 Å². The van der Waals surface area contributed by atoms with E-state index in [9.17, 15) is 13.2 Å². The highest BCUT2D eigenvalue weighted by Crippen LogP contribution is 2.36. The van der Waals surface area contributed by atoms with E-state index < -0.39 is 11.7 Å². The number of benzene rings is 1. The van der Waals surface area contributed by atoms with Gasteiger partial charge in [-0.25, -0.2) is 0 Å². The van der Waals surface area contributed by atoms with Crippen molar-refractivity contribution >= 4 is 21.6 Å². The zero-order valence-corrected chi connectivity index (χ0v) is 12.5. The summed E-state index contributed by atoms with van der Waals surface area (Å²) in [7, 11) is 1.79. The van der Waals surface area contributed by atoms with Crippen LogP contribution in [0.2, 0.25) is 0 Å². The minimum absolute atomic E-state index is 0.0592. The van der Waals surface area contributed by atoms with Gasteiger partial charge >= 0.3 is 6.18 Å². The van der Waals surface area contributed by atoms with E-state index >= 15 is 0 Å². The molecule has 20 heavy (non-hydrogen) atoms. The normalized spacial score (nSPS) is 11.7. The average Bonchev–Trinajstić information content (AvgIpc) is 2.67. The molecular weight excluding hydrogens is 335 g/mol. The number of halogens is 4. The van der Waals surface area contributed by atoms with Gasteiger partial charge in [-0.05, 0) is 25.1 Å². The average molecular weight is 348 g/mol. The molecule has 108 valence electrons. The number of hydrogen-bond acceptors (Lipinski definition) is 2. The number of aromatic nitrogens is 2. The van der Waals surface area contributed by atoms with Crippen molar-refractivity contribution in [3.05, 3.63) is 45.7 Å². The quantitative estimate of drug-likeness (QED) is 0.904. The van der Waals surface area contributed by atoms with Crippen LogP contribution in [-0.2, 0) is 19.8 Å². The number of aryl methyl sites for hydroxylation is 1. The van der Waals surface area contributed by atoms with E-state index in [1.54, 1.807) is 24.0 Å². The number of alkyl halides is 3. The predicted octanol–water partition coefficient (Wildman–Crippen LogP) is 4.12. The fourth-order valence-corrected chi connectivity index (χ4v) is 2.17. The Morgan fingerprint density at radius 2 is 2.05 bits per heavy atom. The maximum absolute atomic E-state index is 13.0. The van der Waals surface area contributed by atoms with Crippen molar-refractivity contribution in [1.29, 1.82) is 0 Å². The molecule has 1 aromatic carbocycles. The van der Waals surface area contributed by atoms with Gasteiger partial charge in [0.1, 0.15) is 0 Å². The molecule has 2 rings (SSSR count). The van der Waals surface area contributed by atoms with Crippen LogP contribution in [0.3, 0.4) is 0 Å². The summed E-state index contributed by atoms with van der Waals surface area (Å²) in [5.74, 6) is 0. The Hall–Kier alpha value is -1.50. The molecule has 0 saturated carbocycles. The monoisotopic (exact) mass is 347 g/mol. The number of anilines is 1. The van der Waals surface area contributed by atoms with Crippen LogP contribution < -0.4 is 5.32 Å². The summed E-state index contributed by atoms with van der Waals surface area (Å²) in [5, 5.41) is 6.88. The van der Waals surface area contributed by atoms with Gasteiger partial charge in [0.05, 0.1) is 11.8 Å². The third-order valence-electron chi connectivity index (χ3n) is 3.09. The first-order valence-electron chi connectivity index (χ1n) is 5.87. The Kier molecular flexibility index (Phi) is 4.08. The van der Waals surface area contributed by atoms with Crippen LogP contribution in [0.25, 0.3) is 0 Å². The minimum Gasteiger partial charge on any atom is -0.380 e. The van der Waals surface area contributed by atoms with Gasteiger partial charge in [-0.1, -0.05) is 15.9 Å². The standard InChI is InChI=1S/C13H13BrF3N3/c1-8-9(7-19-20(8)2)6-18-12-4-3-10(14)5-11(12)13(15,16)17/h3-5,7,18H,6H2,1-2H3. The van der Waals surface area contributed by atoms with Gasteiger partial charge in [0.25, 0.3) is 0 Å². The van der Waals surface area contributed by atoms with Gasteiger partial charge in [0.15, 0.2) is 0 Å². The van der Waals surface area contributed by atoms with Crippen LogP contribution in [0.5, 0.6) is 0 Å². The molecule has 2 aromatic rings. The van der Waals surface area contributed by atoms with E-state index in [1.807, 2.05) is 6.92 Å². The summed E-state index contributed by atoms with van der Waals surface area (Å²) in [6.07, 6.45) is -2.75. The molecule has 3 nitrogen and oxygen atoms in total. The molecule has 0 fully saturated rings. The fraction of sp³-hybridized carbons (Fsp3) is 0.308. The van der Waals surface area contributed by atoms with E-state index in [2.05, 4.69) is 26.3 Å². The second kappa shape index (κ2) is 5.47. The molecule has 0 radical (unpaired) electrons. The zero-order valence-electron chi connectivity index (χ0n) is 10.9. The molecule has 0 bridgehead atoms. The van der Waals surface area contributed by atoms with Crippen LogP contribution in [-0.4, -0.2) is 9.78 Å². The second-order valence-electron chi connectivity index (χ2n) is 4.42. The molecular formula is C13H13BrF3N3. The molecule has 0 saturated heterocycles. The Bertz CT molecular complexity index is 620. The third kappa shape index (κ3) is 3.15. The Morgan fingerprint density at radius 3 is 2.60 bits per heavy atom. The highest BCUT2D eigenvalue weighted by molar-refractivity contribution is 9.10. The second-order valence-corrected chi connectivity index (χ2v) is 5.34. The van der Waals surface area contributed by atoms with Crippen molar-refractivity contribution < 1.29 is 13.2 Å². The molecule has 1 heterocycles. The lowest BCUT2D eigenvalue weighted by Crippen LogP contribution is -2.11. The molecule has 0 unspecified atom stereocenters. The summed E-state index contributed by atoms with van der Waals surface area (Å²) >= 11 is 3.06. The van der Waals surface area contributed by atoms with Gasteiger partial charge in [-0.3, -0.25) is 4.68 Å². The molecule has 7 heteroatoms. The molecule has 0 aliphatic heterocycles. The van der Waals surface area contributed by atoms with Crippen molar-refractivity contribution in [3.63, 3.8) is 0 Å². The van der Waals surface area contributed by atoms with Crippen LogP contribution in [0.15, 0.2) is 28.9 Å². The van der Waals surface area contributed by atoms with Gasteiger partial charge < -0.3 is 5.32 Å². The molecule has 0 amide bonds. The Labute approximate surface area is 122 Å². The topological polar surface area (TPSA) is 29.9 Å². The van der Waals surface area contributed by atoms with Crippen LogP contribution in [0.1, 0.15) is 16.8 Å². The van der Waals surface area contributed by atoms with Crippen LogP contribution in [0, 0.1) is 6.92 Å². The molecule has 0 aliphatic carbocycles. The number of nitrogens with zero attached hydrogens (tertiary/aromatic N) is 2. The molecule has 0 atom stereocenters. The smallest absolute Gasteiger partial charge is 0.380 e. The molecule has 1 N–H and O–H groups in total. The Balaban J connectivity index is 2.24. The maximum Gasteiger partial charge on any atom is 0.418 e. The summed E-state index contributed by atoms with van der Waals surface area (Å²) in [6, 6.07) is 4.06. The number of nitrogens with one attached hydrogen (secondary N) is 1. The van der Waals surface area contributed by atoms with Crippen molar-refractivity contribution in [2.45, 2.75) is 19.6 Å². The maximum atomic E-state index is 13.0. The molecule has 0 aliphatic rings. The first-order chi connectivity index (χ1) is 9.29. The van der Waals surface area contributed by atoms with Crippen molar-refractivity contribution in [2.24, 2.45) is 7.05 Å². The Morgan fingerprint density at radius 1 is 1.35 bits per heavy atom. The van der Waals surface area contributed by atoms with Gasteiger partial charge in [-0.2, -0.15) is 18.3 Å². The van der Waals surface area contributed by atoms with Gasteiger partial charge in [-0.15, -0.1) is 0 Å². The molecule has 0 spiro atoms. The van der Waals surface area contributed by atoms with Gasteiger partial charge in [0, 0.05) is 35.0 Å². The summed E-state index contributed by atoms with van der Waals surface area (Å²) in [5.41, 5.74) is 1.16. The lowest BCUT2D eigenvalue weighted by molar-refractivity contribution is -0.137. The number of hydrogen-bond donors (Lipinski definition) is 1. The predicted molar refractivity (Wildman–Crippen MR) is 74.4 cm³/mol. The van der Waals surface area contributed by atoms with Crippen molar-refractivity contribution in [1.82, 2.24) is 9.78 Å². The summed E-state index contributed by atoms with van der Waals surface area (Å²) in [6.45, 7) is 2.17. The summed E-state index contributed by atoms with van der Waals surface area (Å²) < 4.78 is 41.0. The lowest BCUT2D eigenvalue weighted by atomic mass is 10.1. The van der Waals surface area contributed by atoms with E-state index in [4.69, 9.17) is 0 Å². The van der Waals surface area contributed by atoms with E-state index in [-0.39, 0.29) is 5.69 Å². The molecule has 1 aromatic heterocycles. The first kappa shape index (κ1) is 14.9. The zero-order chi connectivity index (χ0) is 14.9. The van der Waals surface area contributed by atoms with Gasteiger partial charge in [0.2, 0.25) is 0 Å². The van der Waals surface area contributed by atoms with Crippen molar-refractivity contribution in [3.8, 4) is 0 Å². The van der Waals surface area contributed by atoms with E-state index in [1.165, 1.54) is 6.07 Å². The fourth-order valence-electron chi connectivity index (χ4n) is 1.81. The van der Waals surface area contributed by atoms with E-state index in [0.717, 1.165) is 17.3 Å². The third-order valence-corrected chi connectivity index (χ3v) is 3.59. The SMILES string of the molecule is Cc1c(CNc2ccc(Br)cc2C(F)(F)F)cnn1C. The van der Waals surface area contributed by atoms with Crippen molar-refractivity contribution in [2.75, 3.05) is 5.32 Å². The summed E-state index contributed by atoms with van der Waals surface area (Å²) in [4.78, 5) is 0. The van der Waals surface area contributed by atoms with Crippen LogP contribution in [0.4, 0.5) is 18.9 Å². The highest BCUT2D eigenvalue weighted by Gasteiger charge is 2.33. The first-order valence-corrected chi connectivity index (χ1v) is 6.66. The lowest BCUT2D eigenvalue weighted by Gasteiger charge is -2.15. The number of rotatable bonds is 3. The largest absolute Gasteiger partial charge is 0.418 e. The minimum atomic E-state index is -4.39. The van der Waals surface area contributed by atoms with E-state index in [0.29, 0.717) is 11.0 Å².